The quantitative estimate of drug-likeness (QED) is 0.770. The lowest BCUT2D eigenvalue weighted by molar-refractivity contribution is 0.0911. The summed E-state index contributed by atoms with van der Waals surface area (Å²) in [6.45, 7) is 4.10. The normalized spacial score (nSPS) is 10.9. The Labute approximate surface area is 135 Å². The van der Waals surface area contributed by atoms with Crippen molar-refractivity contribution < 1.29 is 13.9 Å². The Morgan fingerprint density at radius 1 is 1.09 bits per heavy atom. The third-order valence-electron chi connectivity index (χ3n) is 3.42. The number of carbonyl (C=O) groups excluding carboxylic acids is 1. The maximum absolute atomic E-state index is 11.9. The van der Waals surface area contributed by atoms with E-state index in [0.29, 0.717) is 11.5 Å². The Bertz CT molecular complexity index is 815. The first kappa shape index (κ1) is 15.2. The molecule has 0 aliphatic rings. The van der Waals surface area contributed by atoms with Crippen LogP contribution in [0.5, 0.6) is 5.75 Å². The van der Waals surface area contributed by atoms with Crippen LogP contribution in [0, 0.1) is 0 Å². The summed E-state index contributed by atoms with van der Waals surface area (Å²) in [5.41, 5.74) is 0. The van der Waals surface area contributed by atoms with Gasteiger partial charge in [-0.25, -0.2) is 0 Å². The molecule has 2 aromatic carbocycles. The maximum atomic E-state index is 11.9. The van der Waals surface area contributed by atoms with Gasteiger partial charge >= 0.3 is 0 Å². The average Bonchev–Trinajstić information content (AvgIpc) is 3.01. The largest absolute Gasteiger partial charge is 0.485 e. The third kappa shape index (κ3) is 3.54. The summed E-state index contributed by atoms with van der Waals surface area (Å²) in [5.74, 6) is 1.51. The zero-order valence-electron chi connectivity index (χ0n) is 13.2. The standard InChI is InChI=1S/C19H19NO3/c1-13(2)20-19(21)18-11-10-15(23-18)12-22-17-9-5-7-14-6-3-4-8-16(14)17/h3-11,13H,12H2,1-2H3,(H,20,21). The monoisotopic (exact) mass is 309 g/mol. The maximum Gasteiger partial charge on any atom is 0.287 e. The van der Waals surface area contributed by atoms with E-state index < -0.39 is 0 Å². The van der Waals surface area contributed by atoms with E-state index in [9.17, 15) is 4.79 Å². The highest BCUT2D eigenvalue weighted by Crippen LogP contribution is 2.26. The highest BCUT2D eigenvalue weighted by molar-refractivity contribution is 5.91. The van der Waals surface area contributed by atoms with Crippen molar-refractivity contribution in [2.45, 2.75) is 26.5 Å². The van der Waals surface area contributed by atoms with Gasteiger partial charge in [-0.15, -0.1) is 0 Å². The van der Waals surface area contributed by atoms with Gasteiger partial charge in [-0.2, -0.15) is 0 Å². The van der Waals surface area contributed by atoms with Gasteiger partial charge in [0, 0.05) is 11.4 Å². The summed E-state index contributed by atoms with van der Waals surface area (Å²) in [7, 11) is 0. The molecule has 0 atom stereocenters. The molecule has 0 radical (unpaired) electrons. The van der Waals surface area contributed by atoms with Crippen LogP contribution in [0.25, 0.3) is 10.8 Å². The molecule has 0 fully saturated rings. The van der Waals surface area contributed by atoms with Crippen LogP contribution in [0.4, 0.5) is 0 Å². The number of fused-ring (bicyclic) bond motifs is 1. The molecule has 0 aliphatic heterocycles. The number of rotatable bonds is 5. The first-order valence-electron chi connectivity index (χ1n) is 7.63. The Morgan fingerprint density at radius 2 is 1.87 bits per heavy atom. The van der Waals surface area contributed by atoms with E-state index in [1.165, 1.54) is 0 Å². The first-order chi connectivity index (χ1) is 11.1. The summed E-state index contributed by atoms with van der Waals surface area (Å²) < 4.78 is 11.4. The Balaban J connectivity index is 1.71. The van der Waals surface area contributed by atoms with Crippen LogP contribution in [-0.2, 0) is 6.61 Å². The summed E-state index contributed by atoms with van der Waals surface area (Å²) in [4.78, 5) is 11.9. The summed E-state index contributed by atoms with van der Waals surface area (Å²) in [6, 6.07) is 17.5. The van der Waals surface area contributed by atoms with Crippen molar-refractivity contribution in [3.63, 3.8) is 0 Å². The molecule has 23 heavy (non-hydrogen) atoms. The highest BCUT2D eigenvalue weighted by atomic mass is 16.5. The van der Waals surface area contributed by atoms with Gasteiger partial charge in [-0.05, 0) is 37.4 Å². The minimum Gasteiger partial charge on any atom is -0.485 e. The van der Waals surface area contributed by atoms with E-state index in [0.717, 1.165) is 16.5 Å². The number of furan rings is 1. The molecule has 0 bridgehead atoms. The van der Waals surface area contributed by atoms with Crippen molar-refractivity contribution in [1.82, 2.24) is 5.32 Å². The van der Waals surface area contributed by atoms with Gasteiger partial charge in [0.25, 0.3) is 5.91 Å². The van der Waals surface area contributed by atoms with E-state index in [1.807, 2.05) is 56.3 Å². The number of hydrogen-bond acceptors (Lipinski definition) is 3. The summed E-state index contributed by atoms with van der Waals surface area (Å²) in [5, 5.41) is 4.98. The summed E-state index contributed by atoms with van der Waals surface area (Å²) >= 11 is 0. The van der Waals surface area contributed by atoms with Gasteiger partial charge in [-0.3, -0.25) is 4.79 Å². The van der Waals surface area contributed by atoms with Crippen LogP contribution in [-0.4, -0.2) is 11.9 Å². The lowest BCUT2D eigenvalue weighted by Crippen LogP contribution is -2.29. The van der Waals surface area contributed by atoms with E-state index in [4.69, 9.17) is 9.15 Å². The van der Waals surface area contributed by atoms with Crippen LogP contribution < -0.4 is 10.1 Å². The molecule has 0 saturated heterocycles. The molecule has 1 aromatic heterocycles. The first-order valence-corrected chi connectivity index (χ1v) is 7.63. The van der Waals surface area contributed by atoms with Crippen LogP contribution in [0.2, 0.25) is 0 Å². The molecule has 1 N–H and O–H groups in total. The van der Waals surface area contributed by atoms with E-state index in [2.05, 4.69) is 5.32 Å². The molecular formula is C19H19NO3. The SMILES string of the molecule is CC(C)NC(=O)c1ccc(COc2cccc3ccccc23)o1. The number of amides is 1. The van der Waals surface area contributed by atoms with Crippen molar-refractivity contribution in [3.8, 4) is 5.75 Å². The molecular weight excluding hydrogens is 290 g/mol. The topological polar surface area (TPSA) is 51.5 Å². The molecule has 3 aromatic rings. The van der Waals surface area contributed by atoms with Crippen LogP contribution in [0.3, 0.4) is 0 Å². The molecule has 0 saturated carbocycles. The van der Waals surface area contributed by atoms with Crippen molar-refractivity contribution in [2.24, 2.45) is 0 Å². The zero-order valence-corrected chi connectivity index (χ0v) is 13.2. The fraction of sp³-hybridized carbons (Fsp3) is 0.211. The Kier molecular flexibility index (Phi) is 4.33. The fourth-order valence-electron chi connectivity index (χ4n) is 2.38. The molecule has 4 nitrogen and oxygen atoms in total. The van der Waals surface area contributed by atoms with Crippen LogP contribution in [0.1, 0.15) is 30.2 Å². The second-order valence-corrected chi connectivity index (χ2v) is 5.66. The molecule has 118 valence electrons. The number of benzene rings is 2. The Hall–Kier alpha value is -2.75. The van der Waals surface area contributed by atoms with Gasteiger partial charge in [-0.1, -0.05) is 36.4 Å². The van der Waals surface area contributed by atoms with Gasteiger partial charge in [0.15, 0.2) is 5.76 Å². The minimum absolute atomic E-state index is 0.0722. The van der Waals surface area contributed by atoms with E-state index in [-0.39, 0.29) is 18.6 Å². The average molecular weight is 309 g/mol. The minimum atomic E-state index is -0.212. The van der Waals surface area contributed by atoms with E-state index >= 15 is 0 Å². The Morgan fingerprint density at radius 3 is 2.70 bits per heavy atom. The molecule has 1 heterocycles. The predicted octanol–water partition coefficient (Wildman–Crippen LogP) is 4.15. The van der Waals surface area contributed by atoms with Crippen molar-refractivity contribution in [2.75, 3.05) is 0 Å². The highest BCUT2D eigenvalue weighted by Gasteiger charge is 2.12. The smallest absolute Gasteiger partial charge is 0.287 e. The fourth-order valence-corrected chi connectivity index (χ4v) is 2.38. The molecule has 0 unspecified atom stereocenters. The molecule has 3 rings (SSSR count). The summed E-state index contributed by atoms with van der Waals surface area (Å²) in [6.07, 6.45) is 0. The number of hydrogen-bond donors (Lipinski definition) is 1. The molecule has 1 amide bonds. The van der Waals surface area contributed by atoms with Crippen molar-refractivity contribution in [3.05, 3.63) is 66.1 Å². The number of ether oxygens (including phenoxy) is 1. The second-order valence-electron chi connectivity index (χ2n) is 5.66. The van der Waals surface area contributed by atoms with Gasteiger partial charge < -0.3 is 14.5 Å². The van der Waals surface area contributed by atoms with Gasteiger partial charge in [0.2, 0.25) is 0 Å². The van der Waals surface area contributed by atoms with Gasteiger partial charge in [0.05, 0.1) is 0 Å². The van der Waals surface area contributed by atoms with Crippen molar-refractivity contribution >= 4 is 16.7 Å². The van der Waals surface area contributed by atoms with Crippen LogP contribution >= 0.6 is 0 Å². The second kappa shape index (κ2) is 6.57. The van der Waals surface area contributed by atoms with Gasteiger partial charge in [0.1, 0.15) is 18.1 Å². The predicted molar refractivity (Wildman–Crippen MR) is 89.6 cm³/mol. The van der Waals surface area contributed by atoms with Crippen LogP contribution in [0.15, 0.2) is 59.0 Å². The number of carbonyl (C=O) groups is 1. The lowest BCUT2D eigenvalue weighted by Gasteiger charge is -2.08. The van der Waals surface area contributed by atoms with E-state index in [1.54, 1.807) is 12.1 Å². The molecule has 0 spiro atoms. The molecule has 0 aliphatic carbocycles. The molecule has 4 heteroatoms. The third-order valence-corrected chi connectivity index (χ3v) is 3.42. The van der Waals surface area contributed by atoms with Crippen molar-refractivity contribution in [1.29, 1.82) is 0 Å². The number of nitrogens with one attached hydrogen (secondary N) is 1. The zero-order chi connectivity index (χ0) is 16.2. The lowest BCUT2D eigenvalue weighted by atomic mass is 10.1.